The Morgan fingerprint density at radius 1 is 1.50 bits per heavy atom. The number of hydrogen-bond donors (Lipinski definition) is 3. The molecule has 0 saturated carbocycles. The lowest BCUT2D eigenvalue weighted by Gasteiger charge is -2.25. The highest BCUT2D eigenvalue weighted by molar-refractivity contribution is 7.78. The van der Waals surface area contributed by atoms with Crippen LogP contribution in [0.1, 0.15) is 18.2 Å². The van der Waals surface area contributed by atoms with Crippen LogP contribution in [0.5, 0.6) is 0 Å². The Hall–Kier alpha value is -1.74. The van der Waals surface area contributed by atoms with Crippen LogP contribution < -0.4 is 4.72 Å². The van der Waals surface area contributed by atoms with E-state index in [-0.39, 0.29) is 0 Å². The predicted octanol–water partition coefficient (Wildman–Crippen LogP) is 1.10. The van der Waals surface area contributed by atoms with Crippen molar-refractivity contribution in [2.75, 3.05) is 6.54 Å². The molecule has 3 rings (SSSR count). The minimum absolute atomic E-state index is 0.485. The largest absolute Gasteiger partial charge is 0.480 e. The van der Waals surface area contributed by atoms with E-state index in [1.807, 2.05) is 18.2 Å². The number of aliphatic carboxylic acids is 1. The summed E-state index contributed by atoms with van der Waals surface area (Å²) in [5, 5.41) is 11.6. The van der Waals surface area contributed by atoms with Crippen LogP contribution in [0.4, 0.5) is 0 Å². The molecule has 22 heavy (non-hydrogen) atoms. The molecule has 7 nitrogen and oxygen atoms in total. The second-order valence-electron chi connectivity index (χ2n) is 5.23. The fraction of sp³-hybridized carbons (Fsp3) is 0.357. The summed E-state index contributed by atoms with van der Waals surface area (Å²) in [6, 6.07) is 7.15. The Balaban J connectivity index is 1.67. The molecule has 118 valence electrons. The lowest BCUT2D eigenvalue weighted by Crippen LogP contribution is -2.40. The van der Waals surface area contributed by atoms with Crippen LogP contribution in [0.25, 0.3) is 10.9 Å². The lowest BCUT2D eigenvalue weighted by atomic mass is 10.0. The summed E-state index contributed by atoms with van der Waals surface area (Å²) in [6.45, 7) is 2.50. The minimum Gasteiger partial charge on any atom is -0.480 e. The van der Waals surface area contributed by atoms with Crippen LogP contribution in [0.3, 0.4) is 0 Å². The Morgan fingerprint density at radius 2 is 2.27 bits per heavy atom. The number of hydrogen-bond acceptors (Lipinski definition) is 4. The van der Waals surface area contributed by atoms with Crippen molar-refractivity contribution in [2.45, 2.75) is 25.9 Å². The number of nitrogens with one attached hydrogen (secondary N) is 2. The maximum Gasteiger partial charge on any atom is 0.321 e. The first kappa shape index (κ1) is 15.2. The summed E-state index contributed by atoms with van der Waals surface area (Å²) in [5.74, 6) is -1.08. The Kier molecular flexibility index (Phi) is 4.25. The standard InChI is InChI=1S/C14H17N3O4S/c1-9(14(18)19)16-22(20)21-17-7-6-11-10-4-2-3-5-12(10)15-13(11)8-17/h2-5,9,15-16H,6-8H2,1H3,(H,18,19)/t9-,22?/m1/s1. The lowest BCUT2D eigenvalue weighted by molar-refractivity contribution is -0.138. The molecule has 0 saturated heterocycles. The van der Waals surface area contributed by atoms with E-state index in [9.17, 15) is 9.00 Å². The van der Waals surface area contributed by atoms with Crippen LogP contribution in [0.15, 0.2) is 24.3 Å². The molecule has 2 aromatic rings. The molecule has 3 N–H and O–H groups in total. The second kappa shape index (κ2) is 6.17. The molecule has 1 aliphatic rings. The van der Waals surface area contributed by atoms with Crippen molar-refractivity contribution in [3.05, 3.63) is 35.5 Å². The zero-order valence-electron chi connectivity index (χ0n) is 12.0. The smallest absolute Gasteiger partial charge is 0.321 e. The molecular weight excluding hydrogens is 306 g/mol. The number of rotatable bonds is 5. The third kappa shape index (κ3) is 3.05. The molecule has 1 aliphatic heterocycles. The maximum absolute atomic E-state index is 11.8. The van der Waals surface area contributed by atoms with Gasteiger partial charge in [0.05, 0.1) is 6.54 Å². The zero-order chi connectivity index (χ0) is 15.7. The van der Waals surface area contributed by atoms with Crippen LogP contribution in [0.2, 0.25) is 0 Å². The highest BCUT2D eigenvalue weighted by atomic mass is 32.2. The van der Waals surface area contributed by atoms with Crippen molar-refractivity contribution >= 4 is 28.1 Å². The van der Waals surface area contributed by atoms with Gasteiger partial charge in [-0.05, 0) is 25.0 Å². The molecule has 0 aliphatic carbocycles. The molecule has 2 atom stereocenters. The van der Waals surface area contributed by atoms with Gasteiger partial charge in [-0.3, -0.25) is 4.79 Å². The molecule has 1 aromatic heterocycles. The van der Waals surface area contributed by atoms with E-state index in [0.717, 1.165) is 17.6 Å². The monoisotopic (exact) mass is 323 g/mol. The van der Waals surface area contributed by atoms with Crippen LogP contribution in [0, 0.1) is 0 Å². The van der Waals surface area contributed by atoms with Gasteiger partial charge in [0, 0.05) is 23.1 Å². The van der Waals surface area contributed by atoms with Gasteiger partial charge in [0.15, 0.2) is 0 Å². The van der Waals surface area contributed by atoms with E-state index in [1.54, 1.807) is 5.06 Å². The average molecular weight is 323 g/mol. The fourth-order valence-corrected chi connectivity index (χ4v) is 3.30. The number of para-hydroxylation sites is 1. The number of carboxylic acid groups (broad SMARTS) is 1. The van der Waals surface area contributed by atoms with E-state index in [2.05, 4.69) is 15.8 Å². The third-order valence-corrected chi connectivity index (χ3v) is 4.56. The first-order valence-corrected chi connectivity index (χ1v) is 8.04. The number of hydroxylamine groups is 2. The van der Waals surface area contributed by atoms with Crippen LogP contribution >= 0.6 is 0 Å². The first-order chi connectivity index (χ1) is 10.5. The molecule has 0 bridgehead atoms. The molecule has 1 aromatic carbocycles. The van der Waals surface area contributed by atoms with Crippen LogP contribution in [-0.2, 0) is 33.3 Å². The summed E-state index contributed by atoms with van der Waals surface area (Å²) in [6.07, 6.45) is 0.783. The first-order valence-electron chi connectivity index (χ1n) is 6.97. The Bertz CT molecular complexity index is 730. The highest BCUT2D eigenvalue weighted by Crippen LogP contribution is 2.27. The van der Waals surface area contributed by atoms with Gasteiger partial charge in [-0.1, -0.05) is 18.2 Å². The average Bonchev–Trinajstić information content (AvgIpc) is 2.84. The number of carbonyl (C=O) groups is 1. The highest BCUT2D eigenvalue weighted by Gasteiger charge is 2.23. The maximum atomic E-state index is 11.8. The van der Waals surface area contributed by atoms with E-state index < -0.39 is 23.3 Å². The quantitative estimate of drug-likeness (QED) is 0.766. The van der Waals surface area contributed by atoms with Gasteiger partial charge in [0.25, 0.3) is 11.3 Å². The summed E-state index contributed by atoms with van der Waals surface area (Å²) >= 11 is -1.88. The number of H-pyrrole nitrogens is 1. The van der Waals surface area contributed by atoms with Gasteiger partial charge in [-0.25, -0.2) is 4.21 Å². The molecule has 0 spiro atoms. The molecular formula is C14H17N3O4S. The number of nitrogens with zero attached hydrogens (tertiary/aromatic N) is 1. The fourth-order valence-electron chi connectivity index (χ4n) is 2.54. The number of carboxylic acids is 1. The van der Waals surface area contributed by atoms with Gasteiger partial charge in [-0.2, -0.15) is 14.1 Å². The summed E-state index contributed by atoms with van der Waals surface area (Å²) in [4.78, 5) is 14.1. The molecule has 0 radical (unpaired) electrons. The van der Waals surface area contributed by atoms with Crippen LogP contribution in [-0.4, -0.2) is 37.9 Å². The zero-order valence-corrected chi connectivity index (χ0v) is 12.9. The van der Waals surface area contributed by atoms with Crippen molar-refractivity contribution in [3.8, 4) is 0 Å². The van der Waals surface area contributed by atoms with Gasteiger partial charge in [0.1, 0.15) is 6.04 Å². The SMILES string of the molecule is C[C@@H](NS(=O)ON1CCc2c([nH]c3ccccc23)C1)C(=O)O. The number of aromatic amines is 1. The summed E-state index contributed by atoms with van der Waals surface area (Å²) < 4.78 is 19.4. The molecule has 0 fully saturated rings. The van der Waals surface area contributed by atoms with Gasteiger partial charge in [-0.15, -0.1) is 0 Å². The van der Waals surface area contributed by atoms with Crippen molar-refractivity contribution in [1.29, 1.82) is 0 Å². The van der Waals surface area contributed by atoms with Gasteiger partial charge >= 0.3 is 5.97 Å². The van der Waals surface area contributed by atoms with Crippen molar-refractivity contribution in [1.82, 2.24) is 14.8 Å². The van der Waals surface area contributed by atoms with Gasteiger partial charge < -0.3 is 10.1 Å². The molecule has 0 amide bonds. The van der Waals surface area contributed by atoms with E-state index >= 15 is 0 Å². The van der Waals surface area contributed by atoms with E-state index in [1.165, 1.54) is 17.9 Å². The number of fused-ring (bicyclic) bond motifs is 3. The Morgan fingerprint density at radius 3 is 3.05 bits per heavy atom. The number of benzene rings is 1. The van der Waals surface area contributed by atoms with Crippen molar-refractivity contribution < 1.29 is 18.4 Å². The van der Waals surface area contributed by atoms with Crippen molar-refractivity contribution in [2.24, 2.45) is 0 Å². The molecule has 8 heteroatoms. The third-order valence-electron chi connectivity index (χ3n) is 3.66. The summed E-state index contributed by atoms with van der Waals surface area (Å²) in [7, 11) is 0. The molecule has 2 heterocycles. The predicted molar refractivity (Wildman–Crippen MR) is 81.9 cm³/mol. The molecule has 1 unspecified atom stereocenters. The van der Waals surface area contributed by atoms with E-state index in [4.69, 9.17) is 9.39 Å². The van der Waals surface area contributed by atoms with Crippen molar-refractivity contribution in [3.63, 3.8) is 0 Å². The normalized spacial score (nSPS) is 18.0. The topological polar surface area (TPSA) is 94.7 Å². The van der Waals surface area contributed by atoms with Gasteiger partial charge in [0.2, 0.25) is 0 Å². The van der Waals surface area contributed by atoms with E-state index in [0.29, 0.717) is 13.1 Å². The summed E-state index contributed by atoms with van der Waals surface area (Å²) in [5.41, 5.74) is 3.37. The minimum atomic E-state index is -1.88. The number of aromatic nitrogens is 1. The Labute approximate surface area is 130 Å². The second-order valence-corrected chi connectivity index (χ2v) is 6.08.